The molecular formula is C18H25IN4O2. The summed E-state index contributed by atoms with van der Waals surface area (Å²) in [7, 11) is 0. The van der Waals surface area contributed by atoms with Gasteiger partial charge in [-0.2, -0.15) is 5.10 Å². The number of nitrogens with zero attached hydrogens (tertiary/aromatic N) is 3. The molecule has 2 heterocycles. The van der Waals surface area contributed by atoms with Gasteiger partial charge < -0.3 is 9.64 Å². The predicted octanol–water partition coefficient (Wildman–Crippen LogP) is 2.82. The van der Waals surface area contributed by atoms with Gasteiger partial charge in [-0.1, -0.05) is 13.8 Å². The molecule has 1 aliphatic carbocycles. The van der Waals surface area contributed by atoms with Gasteiger partial charge in [0, 0.05) is 31.2 Å². The summed E-state index contributed by atoms with van der Waals surface area (Å²) in [5.41, 5.74) is 5.47. The van der Waals surface area contributed by atoms with Gasteiger partial charge in [-0.15, -0.1) is 24.0 Å². The van der Waals surface area contributed by atoms with Crippen LogP contribution < -0.4 is 5.43 Å². The lowest BCUT2D eigenvalue weighted by Crippen LogP contribution is -2.39. The highest BCUT2D eigenvalue weighted by Crippen LogP contribution is 2.35. The third-order valence-corrected chi connectivity index (χ3v) is 4.29. The van der Waals surface area contributed by atoms with E-state index in [0.717, 1.165) is 44.9 Å². The van der Waals surface area contributed by atoms with Gasteiger partial charge in [-0.25, -0.2) is 5.43 Å². The van der Waals surface area contributed by atoms with Crippen LogP contribution in [0.25, 0.3) is 0 Å². The van der Waals surface area contributed by atoms with Gasteiger partial charge in [0.05, 0.1) is 24.5 Å². The number of carbonyl (C=O) groups excluding carboxylic acids is 1. The van der Waals surface area contributed by atoms with Crippen LogP contribution in [-0.4, -0.2) is 47.8 Å². The first-order valence-corrected chi connectivity index (χ1v) is 8.34. The highest BCUT2D eigenvalue weighted by atomic mass is 127. The van der Waals surface area contributed by atoms with Gasteiger partial charge in [0.2, 0.25) is 0 Å². The SMILES string of the molecule is CC1(C)CC(N2CCOCC2)=CC(=NNC(=O)c2cccnc2)C1.I. The molecule has 0 aromatic carbocycles. The monoisotopic (exact) mass is 456 g/mol. The number of carbonyl (C=O) groups is 1. The fourth-order valence-electron chi connectivity index (χ4n) is 3.15. The topological polar surface area (TPSA) is 66.8 Å². The van der Waals surface area contributed by atoms with Crippen molar-refractivity contribution in [3.8, 4) is 0 Å². The predicted molar refractivity (Wildman–Crippen MR) is 108 cm³/mol. The molecule has 1 saturated heterocycles. The molecular weight excluding hydrogens is 431 g/mol. The van der Waals surface area contributed by atoms with Crippen molar-refractivity contribution in [2.45, 2.75) is 26.7 Å². The second kappa shape index (κ2) is 8.75. The molecule has 0 unspecified atom stereocenters. The Hall–Kier alpha value is -1.48. The smallest absolute Gasteiger partial charge is 0.272 e. The molecule has 1 aromatic heterocycles. The maximum absolute atomic E-state index is 12.1. The van der Waals surface area contributed by atoms with E-state index in [2.05, 4.69) is 40.3 Å². The molecule has 0 spiro atoms. The zero-order valence-electron chi connectivity index (χ0n) is 14.7. The Balaban J connectivity index is 0.00000225. The molecule has 136 valence electrons. The van der Waals surface area contributed by atoms with Crippen LogP contribution in [0.4, 0.5) is 0 Å². The van der Waals surface area contributed by atoms with Gasteiger partial charge in [0.15, 0.2) is 0 Å². The van der Waals surface area contributed by atoms with E-state index in [1.165, 1.54) is 11.9 Å². The number of amides is 1. The van der Waals surface area contributed by atoms with Crippen molar-refractivity contribution in [3.05, 3.63) is 41.9 Å². The average molecular weight is 456 g/mol. The molecule has 0 radical (unpaired) electrons. The molecule has 7 heteroatoms. The Morgan fingerprint density at radius 3 is 2.76 bits per heavy atom. The third-order valence-electron chi connectivity index (χ3n) is 4.29. The molecule has 25 heavy (non-hydrogen) atoms. The number of allylic oxidation sites excluding steroid dienone is 2. The van der Waals surface area contributed by atoms with E-state index < -0.39 is 0 Å². The maximum Gasteiger partial charge on any atom is 0.272 e. The van der Waals surface area contributed by atoms with Crippen LogP contribution in [0.2, 0.25) is 0 Å². The molecule has 3 rings (SSSR count). The van der Waals surface area contributed by atoms with E-state index in [9.17, 15) is 4.79 Å². The molecule has 0 saturated carbocycles. The Bertz CT molecular complexity index is 652. The summed E-state index contributed by atoms with van der Waals surface area (Å²) in [5, 5.41) is 4.36. The van der Waals surface area contributed by atoms with Crippen molar-refractivity contribution in [3.63, 3.8) is 0 Å². The molecule has 1 fully saturated rings. The van der Waals surface area contributed by atoms with Crippen LogP contribution in [0.5, 0.6) is 0 Å². The van der Waals surface area contributed by atoms with E-state index in [0.29, 0.717) is 5.56 Å². The highest BCUT2D eigenvalue weighted by Gasteiger charge is 2.29. The Morgan fingerprint density at radius 2 is 2.08 bits per heavy atom. The van der Waals surface area contributed by atoms with E-state index in [1.54, 1.807) is 18.3 Å². The quantitative estimate of drug-likeness (QED) is 0.561. The van der Waals surface area contributed by atoms with Crippen LogP contribution >= 0.6 is 24.0 Å². The summed E-state index contributed by atoms with van der Waals surface area (Å²) in [4.78, 5) is 18.4. The summed E-state index contributed by atoms with van der Waals surface area (Å²) in [5.74, 6) is -0.236. The Kier molecular flexibility index (Phi) is 6.95. The number of rotatable bonds is 3. The summed E-state index contributed by atoms with van der Waals surface area (Å²) in [6, 6.07) is 3.46. The number of nitrogens with one attached hydrogen (secondary N) is 1. The van der Waals surface area contributed by atoms with Crippen molar-refractivity contribution in [2.75, 3.05) is 26.3 Å². The fourth-order valence-corrected chi connectivity index (χ4v) is 3.15. The number of ether oxygens (including phenoxy) is 1. The number of hydrogen-bond donors (Lipinski definition) is 1. The molecule has 1 aromatic rings. The molecule has 1 aliphatic heterocycles. The fraction of sp³-hybridized carbons (Fsp3) is 0.500. The van der Waals surface area contributed by atoms with Crippen molar-refractivity contribution in [2.24, 2.45) is 10.5 Å². The van der Waals surface area contributed by atoms with Crippen LogP contribution in [0.3, 0.4) is 0 Å². The normalized spacial score (nSPS) is 21.3. The van der Waals surface area contributed by atoms with Crippen molar-refractivity contribution in [1.29, 1.82) is 0 Å². The number of aromatic nitrogens is 1. The number of hydrazone groups is 1. The van der Waals surface area contributed by atoms with Gasteiger partial charge in [0.1, 0.15) is 0 Å². The second-order valence-corrected chi connectivity index (χ2v) is 7.04. The van der Waals surface area contributed by atoms with Crippen molar-refractivity contribution in [1.82, 2.24) is 15.3 Å². The van der Waals surface area contributed by atoms with Gasteiger partial charge in [-0.3, -0.25) is 9.78 Å². The first-order chi connectivity index (χ1) is 11.5. The summed E-state index contributed by atoms with van der Waals surface area (Å²) in [6.07, 6.45) is 7.15. The van der Waals surface area contributed by atoms with Crippen LogP contribution in [0, 0.1) is 5.41 Å². The first kappa shape index (κ1) is 19.8. The van der Waals surface area contributed by atoms with Gasteiger partial charge >= 0.3 is 0 Å². The third kappa shape index (κ3) is 5.50. The highest BCUT2D eigenvalue weighted by molar-refractivity contribution is 14.0. The lowest BCUT2D eigenvalue weighted by Gasteiger charge is -2.38. The summed E-state index contributed by atoms with van der Waals surface area (Å²) < 4.78 is 5.44. The average Bonchev–Trinajstić information content (AvgIpc) is 2.60. The maximum atomic E-state index is 12.1. The summed E-state index contributed by atoms with van der Waals surface area (Å²) >= 11 is 0. The second-order valence-electron chi connectivity index (χ2n) is 7.04. The molecule has 1 N–H and O–H groups in total. The van der Waals surface area contributed by atoms with Gasteiger partial charge in [0.25, 0.3) is 5.91 Å². The van der Waals surface area contributed by atoms with Gasteiger partial charge in [-0.05, 0) is 36.5 Å². The number of morpholine rings is 1. The van der Waals surface area contributed by atoms with Crippen LogP contribution in [-0.2, 0) is 4.74 Å². The van der Waals surface area contributed by atoms with Crippen LogP contribution in [0.15, 0.2) is 41.4 Å². The first-order valence-electron chi connectivity index (χ1n) is 8.34. The molecule has 2 aliphatic rings. The number of halogens is 1. The van der Waals surface area contributed by atoms with E-state index >= 15 is 0 Å². The lowest BCUT2D eigenvalue weighted by molar-refractivity contribution is 0.0491. The molecule has 0 bridgehead atoms. The molecule has 6 nitrogen and oxygen atoms in total. The van der Waals surface area contributed by atoms with E-state index in [4.69, 9.17) is 4.74 Å². The van der Waals surface area contributed by atoms with E-state index in [-0.39, 0.29) is 35.3 Å². The minimum absolute atomic E-state index is 0. The molecule has 0 atom stereocenters. The minimum Gasteiger partial charge on any atom is -0.378 e. The van der Waals surface area contributed by atoms with Crippen molar-refractivity contribution >= 4 is 35.6 Å². The zero-order chi connectivity index (χ0) is 17.0. The number of pyridine rings is 1. The summed E-state index contributed by atoms with van der Waals surface area (Å²) in [6.45, 7) is 7.83. The molecule has 1 amide bonds. The standard InChI is InChI=1S/C18H24N4O2.HI/c1-18(2)11-15(10-16(12-18)22-6-8-24-9-7-22)20-21-17(23)14-4-3-5-19-13-14;/h3-5,10,13H,6-9,11-12H2,1-2H3,(H,21,23);1H. The van der Waals surface area contributed by atoms with Crippen molar-refractivity contribution < 1.29 is 9.53 Å². The lowest BCUT2D eigenvalue weighted by atomic mass is 9.78. The van der Waals surface area contributed by atoms with E-state index in [1.807, 2.05) is 0 Å². The minimum atomic E-state index is -0.236. The zero-order valence-corrected chi connectivity index (χ0v) is 17.0. The number of hydrogen-bond acceptors (Lipinski definition) is 5. The Labute approximate surface area is 165 Å². The largest absolute Gasteiger partial charge is 0.378 e. The Morgan fingerprint density at radius 1 is 1.32 bits per heavy atom. The van der Waals surface area contributed by atoms with Crippen LogP contribution in [0.1, 0.15) is 37.0 Å².